The van der Waals surface area contributed by atoms with Crippen LogP contribution in [-0.2, 0) is 4.79 Å². The Morgan fingerprint density at radius 1 is 0.951 bits per heavy atom. The molecule has 1 atom stereocenters. The Hall–Kier alpha value is -4.44. The lowest BCUT2D eigenvalue weighted by atomic mass is 10.0. The van der Waals surface area contributed by atoms with E-state index in [1.165, 1.54) is 29.2 Å². The highest BCUT2D eigenvalue weighted by atomic mass is 32.1. The number of nitrogens with two attached hydrogens (primary N) is 1. The van der Waals surface area contributed by atoms with Crippen molar-refractivity contribution in [3.8, 4) is 22.8 Å². The van der Waals surface area contributed by atoms with E-state index in [-0.39, 0.29) is 22.5 Å². The Kier molecular flexibility index (Phi) is 8.49. The van der Waals surface area contributed by atoms with Crippen molar-refractivity contribution in [1.82, 2.24) is 9.69 Å². The second-order valence-corrected chi connectivity index (χ2v) is 10.6. The summed E-state index contributed by atoms with van der Waals surface area (Å²) in [6, 6.07) is 18.6. The minimum atomic E-state index is -1.06. The zero-order chi connectivity index (χ0) is 28.9. The molecule has 4 aromatic rings. The summed E-state index contributed by atoms with van der Waals surface area (Å²) in [6.07, 6.45) is 3.81. The van der Waals surface area contributed by atoms with Gasteiger partial charge in [0.1, 0.15) is 33.9 Å². The first-order valence-electron chi connectivity index (χ1n) is 13.3. The number of carbonyl (C=O) groups excluding carboxylic acids is 2. The fourth-order valence-electron chi connectivity index (χ4n) is 5.06. The van der Waals surface area contributed by atoms with Gasteiger partial charge in [-0.15, -0.1) is 0 Å². The number of rotatable bonds is 9. The number of anilines is 2. The molecule has 3 aromatic carbocycles. The van der Waals surface area contributed by atoms with Crippen molar-refractivity contribution >= 4 is 34.7 Å². The number of hydrogen-bond acceptors (Lipinski definition) is 7. The van der Waals surface area contributed by atoms with Crippen molar-refractivity contribution in [1.29, 1.82) is 0 Å². The predicted octanol–water partition coefficient (Wildman–Crippen LogP) is 6.00. The van der Waals surface area contributed by atoms with Crippen molar-refractivity contribution in [3.05, 3.63) is 89.1 Å². The number of aromatic nitrogens is 1. The van der Waals surface area contributed by atoms with E-state index in [9.17, 15) is 14.0 Å². The predicted molar refractivity (Wildman–Crippen MR) is 158 cm³/mol. The van der Waals surface area contributed by atoms with Crippen molar-refractivity contribution in [3.63, 3.8) is 0 Å². The van der Waals surface area contributed by atoms with Gasteiger partial charge >= 0.3 is 0 Å². The SMILES string of the molecule is COc1ccc(-c2nsc(C(=O)N(c3ccc(F)cc3)[C@@H](C(=O)NC3CCCC3)c3ccc(OC)cc3)c2N)cc1. The highest BCUT2D eigenvalue weighted by molar-refractivity contribution is 7.09. The molecule has 1 aliphatic rings. The number of amides is 2. The van der Waals surface area contributed by atoms with Crippen LogP contribution < -0.4 is 25.4 Å². The number of benzene rings is 3. The van der Waals surface area contributed by atoms with Gasteiger partial charge in [-0.25, -0.2) is 4.39 Å². The Bertz CT molecular complexity index is 1500. The summed E-state index contributed by atoms with van der Waals surface area (Å²) >= 11 is 0.955. The standard InChI is InChI=1S/C31H31FN4O4S/c1-39-24-15-7-19(8-16-24)27-26(33)29(41-35-27)31(38)36(23-13-11-21(32)12-14-23)28(20-9-17-25(40-2)18-10-20)30(37)34-22-5-3-4-6-22/h7-18,22,28H,3-6,33H2,1-2H3,(H,34,37)/t28-/m1/s1. The summed E-state index contributed by atoms with van der Waals surface area (Å²) in [5.41, 5.74) is 8.81. The Labute approximate surface area is 242 Å². The van der Waals surface area contributed by atoms with Crippen LogP contribution in [0.15, 0.2) is 72.8 Å². The average molecular weight is 575 g/mol. The number of carbonyl (C=O) groups is 2. The van der Waals surface area contributed by atoms with E-state index in [0.29, 0.717) is 28.4 Å². The van der Waals surface area contributed by atoms with Crippen LogP contribution in [0.1, 0.15) is 47.0 Å². The van der Waals surface area contributed by atoms with Crippen molar-refractivity contribution in [2.75, 3.05) is 24.9 Å². The van der Waals surface area contributed by atoms with Gasteiger partial charge in [0.05, 0.1) is 19.9 Å². The summed E-state index contributed by atoms with van der Waals surface area (Å²) in [7, 11) is 3.13. The number of hydrogen-bond donors (Lipinski definition) is 2. The molecule has 0 bridgehead atoms. The molecule has 0 saturated heterocycles. The van der Waals surface area contributed by atoms with Crippen LogP contribution in [0.2, 0.25) is 0 Å². The minimum absolute atomic E-state index is 0.0172. The lowest BCUT2D eigenvalue weighted by Gasteiger charge is -2.32. The van der Waals surface area contributed by atoms with Gasteiger partial charge in [0.2, 0.25) is 5.91 Å². The number of methoxy groups -OCH3 is 2. The summed E-state index contributed by atoms with van der Waals surface area (Å²) < 4.78 is 29.0. The van der Waals surface area contributed by atoms with Gasteiger partial charge in [0.15, 0.2) is 0 Å². The molecule has 8 nitrogen and oxygen atoms in total. The molecule has 1 saturated carbocycles. The normalized spacial score (nSPS) is 13.9. The lowest BCUT2D eigenvalue weighted by molar-refractivity contribution is -0.123. The maximum Gasteiger partial charge on any atom is 0.273 e. The highest BCUT2D eigenvalue weighted by Gasteiger charge is 2.37. The molecule has 41 heavy (non-hydrogen) atoms. The molecule has 5 rings (SSSR count). The topological polar surface area (TPSA) is 107 Å². The molecular weight excluding hydrogens is 543 g/mol. The zero-order valence-corrected chi connectivity index (χ0v) is 23.6. The molecule has 0 spiro atoms. The molecule has 212 valence electrons. The quantitative estimate of drug-likeness (QED) is 0.254. The maximum absolute atomic E-state index is 14.4. The number of nitrogens with one attached hydrogen (secondary N) is 1. The molecule has 10 heteroatoms. The summed E-state index contributed by atoms with van der Waals surface area (Å²) in [6.45, 7) is 0. The van der Waals surface area contributed by atoms with Crippen LogP contribution in [0.25, 0.3) is 11.3 Å². The molecule has 1 aliphatic carbocycles. The largest absolute Gasteiger partial charge is 0.497 e. The molecule has 1 aromatic heterocycles. The highest BCUT2D eigenvalue weighted by Crippen LogP contribution is 2.37. The smallest absolute Gasteiger partial charge is 0.273 e. The molecule has 1 fully saturated rings. The van der Waals surface area contributed by atoms with E-state index in [0.717, 1.165) is 42.8 Å². The fourth-order valence-corrected chi connectivity index (χ4v) is 5.82. The third-order valence-corrected chi connectivity index (χ3v) is 8.10. The van der Waals surface area contributed by atoms with Gasteiger partial charge in [-0.2, -0.15) is 4.37 Å². The van der Waals surface area contributed by atoms with Gasteiger partial charge in [0, 0.05) is 17.3 Å². The summed E-state index contributed by atoms with van der Waals surface area (Å²) in [5, 5.41) is 3.14. The van der Waals surface area contributed by atoms with Crippen molar-refractivity contribution in [2.45, 2.75) is 37.8 Å². The zero-order valence-electron chi connectivity index (χ0n) is 22.8. The van der Waals surface area contributed by atoms with Gasteiger partial charge in [-0.05, 0) is 90.6 Å². The van der Waals surface area contributed by atoms with Crippen LogP contribution in [-0.4, -0.2) is 36.4 Å². The first-order valence-corrected chi connectivity index (χ1v) is 14.1. The van der Waals surface area contributed by atoms with E-state index in [1.807, 2.05) is 12.1 Å². The molecule has 3 N–H and O–H groups in total. The Morgan fingerprint density at radius 2 is 1.54 bits per heavy atom. The van der Waals surface area contributed by atoms with Crippen molar-refractivity contribution in [2.24, 2.45) is 0 Å². The van der Waals surface area contributed by atoms with Crippen LogP contribution in [0.4, 0.5) is 15.8 Å². The van der Waals surface area contributed by atoms with Crippen LogP contribution in [0.5, 0.6) is 11.5 Å². The van der Waals surface area contributed by atoms with E-state index in [2.05, 4.69) is 9.69 Å². The lowest BCUT2D eigenvalue weighted by Crippen LogP contribution is -2.46. The van der Waals surface area contributed by atoms with Gasteiger partial charge in [0.25, 0.3) is 5.91 Å². The van der Waals surface area contributed by atoms with E-state index >= 15 is 0 Å². The van der Waals surface area contributed by atoms with Gasteiger partial charge in [-0.3, -0.25) is 14.5 Å². The van der Waals surface area contributed by atoms with Crippen molar-refractivity contribution < 1.29 is 23.5 Å². The maximum atomic E-state index is 14.4. The van der Waals surface area contributed by atoms with E-state index < -0.39 is 17.8 Å². The minimum Gasteiger partial charge on any atom is -0.497 e. The number of nitrogen functional groups attached to an aromatic ring is 1. The monoisotopic (exact) mass is 574 g/mol. The average Bonchev–Trinajstić information content (AvgIpc) is 3.65. The number of ether oxygens (including phenoxy) is 2. The van der Waals surface area contributed by atoms with E-state index in [4.69, 9.17) is 15.2 Å². The molecule has 1 heterocycles. The second kappa shape index (κ2) is 12.4. The van der Waals surface area contributed by atoms with Crippen LogP contribution in [0, 0.1) is 5.82 Å². The first kappa shape index (κ1) is 28.1. The second-order valence-electron chi connectivity index (χ2n) is 9.82. The fraction of sp³-hybridized carbons (Fsp3) is 0.258. The van der Waals surface area contributed by atoms with Gasteiger partial charge in [-0.1, -0.05) is 25.0 Å². The van der Waals surface area contributed by atoms with Crippen LogP contribution >= 0.6 is 11.5 Å². The molecule has 0 unspecified atom stereocenters. The van der Waals surface area contributed by atoms with E-state index in [1.54, 1.807) is 50.6 Å². The third-order valence-electron chi connectivity index (χ3n) is 7.25. The summed E-state index contributed by atoms with van der Waals surface area (Å²) in [5.74, 6) is -0.0280. The Balaban J connectivity index is 1.59. The molecule has 0 radical (unpaired) electrons. The molecule has 2 amide bonds. The third kappa shape index (κ3) is 6.02. The van der Waals surface area contributed by atoms with Gasteiger partial charge < -0.3 is 20.5 Å². The number of nitrogens with zero attached hydrogens (tertiary/aromatic N) is 2. The van der Waals surface area contributed by atoms with Crippen LogP contribution in [0.3, 0.4) is 0 Å². The Morgan fingerprint density at radius 3 is 2.12 bits per heavy atom. The molecular formula is C31H31FN4O4S. The summed E-state index contributed by atoms with van der Waals surface area (Å²) in [4.78, 5) is 29.9. The molecule has 0 aliphatic heterocycles. The first-order chi connectivity index (χ1) is 19.9. The number of halogens is 1.